The number of nitrogens with one attached hydrogen (secondary N) is 1. The maximum atomic E-state index is 13.5. The molecule has 2 amide bonds. The van der Waals surface area contributed by atoms with Crippen LogP contribution in [0.2, 0.25) is 0 Å². The van der Waals surface area contributed by atoms with Crippen LogP contribution in [-0.4, -0.2) is 71.0 Å². The molecule has 172 valence electrons. The molecule has 7 nitrogen and oxygen atoms in total. The van der Waals surface area contributed by atoms with Gasteiger partial charge in [-0.05, 0) is 51.5 Å². The Morgan fingerprint density at radius 1 is 1.20 bits per heavy atom. The van der Waals surface area contributed by atoms with Crippen LogP contribution in [0.15, 0.2) is 11.6 Å². The molecule has 0 aliphatic carbocycles. The molecule has 30 heavy (non-hydrogen) atoms. The Labute approximate surface area is 181 Å². The van der Waals surface area contributed by atoms with Crippen LogP contribution in [0.5, 0.6) is 0 Å². The number of rotatable bonds is 7. The first-order valence-corrected chi connectivity index (χ1v) is 10.9. The van der Waals surface area contributed by atoms with Gasteiger partial charge in [-0.2, -0.15) is 0 Å². The number of aliphatic carboxylic acids is 1. The van der Waals surface area contributed by atoms with Gasteiger partial charge in [0, 0.05) is 18.7 Å². The summed E-state index contributed by atoms with van der Waals surface area (Å²) in [6.07, 6.45) is 4.45. The van der Waals surface area contributed by atoms with Crippen LogP contribution in [0, 0.1) is 11.3 Å². The number of likely N-dealkylation sites (tertiary alicyclic amines) is 1. The summed E-state index contributed by atoms with van der Waals surface area (Å²) >= 11 is 0. The lowest BCUT2D eigenvalue weighted by Crippen LogP contribution is -2.60. The normalized spacial score (nSPS) is 23.1. The molecular formula is C23H41N3O4. The van der Waals surface area contributed by atoms with Crippen molar-refractivity contribution in [2.45, 2.75) is 91.9 Å². The molecule has 1 rings (SSSR count). The first kappa shape index (κ1) is 26.1. The fraction of sp³-hybridized carbons (Fsp3) is 0.783. The molecule has 0 aromatic carbocycles. The number of carboxylic acids is 1. The van der Waals surface area contributed by atoms with E-state index in [0.717, 1.165) is 19.3 Å². The van der Waals surface area contributed by atoms with Gasteiger partial charge in [0.25, 0.3) is 0 Å². The molecule has 1 heterocycles. The van der Waals surface area contributed by atoms with Gasteiger partial charge in [0.2, 0.25) is 11.8 Å². The van der Waals surface area contributed by atoms with E-state index in [1.165, 1.54) is 6.92 Å². The fourth-order valence-electron chi connectivity index (χ4n) is 3.95. The molecule has 0 aromatic rings. The first-order chi connectivity index (χ1) is 13.7. The highest BCUT2D eigenvalue weighted by molar-refractivity contribution is 5.91. The lowest BCUT2D eigenvalue weighted by molar-refractivity contribution is -0.142. The number of carboxylic acid groups (broad SMARTS) is 1. The largest absolute Gasteiger partial charge is 0.478 e. The van der Waals surface area contributed by atoms with E-state index in [4.69, 9.17) is 0 Å². The van der Waals surface area contributed by atoms with Gasteiger partial charge in [0.1, 0.15) is 6.04 Å². The zero-order valence-electron chi connectivity index (χ0n) is 20.2. The topological polar surface area (TPSA) is 90.0 Å². The van der Waals surface area contributed by atoms with Crippen molar-refractivity contribution in [3.8, 4) is 0 Å². The van der Waals surface area contributed by atoms with E-state index in [1.807, 2.05) is 41.7 Å². The lowest BCUT2D eigenvalue weighted by Gasteiger charge is -2.40. The van der Waals surface area contributed by atoms with Crippen molar-refractivity contribution in [3.05, 3.63) is 11.6 Å². The van der Waals surface area contributed by atoms with Crippen molar-refractivity contribution in [1.29, 1.82) is 0 Å². The van der Waals surface area contributed by atoms with Gasteiger partial charge in [-0.15, -0.1) is 0 Å². The highest BCUT2D eigenvalue weighted by Gasteiger charge is 2.39. The van der Waals surface area contributed by atoms with E-state index < -0.39 is 17.4 Å². The summed E-state index contributed by atoms with van der Waals surface area (Å²) in [5, 5.41) is 12.3. The summed E-state index contributed by atoms with van der Waals surface area (Å²) < 4.78 is 0. The van der Waals surface area contributed by atoms with E-state index >= 15 is 0 Å². The Balaban J connectivity index is 3.12. The Kier molecular flexibility index (Phi) is 9.08. The van der Waals surface area contributed by atoms with E-state index in [9.17, 15) is 19.5 Å². The van der Waals surface area contributed by atoms with E-state index in [-0.39, 0.29) is 35.4 Å². The highest BCUT2D eigenvalue weighted by atomic mass is 16.4. The van der Waals surface area contributed by atoms with E-state index in [0.29, 0.717) is 6.04 Å². The van der Waals surface area contributed by atoms with Crippen molar-refractivity contribution in [3.63, 3.8) is 0 Å². The van der Waals surface area contributed by atoms with Gasteiger partial charge in [0.15, 0.2) is 0 Å². The van der Waals surface area contributed by atoms with E-state index in [2.05, 4.69) is 17.1 Å². The fourth-order valence-corrected chi connectivity index (χ4v) is 3.95. The maximum Gasteiger partial charge on any atom is 0.331 e. The molecule has 0 spiro atoms. The number of hydrogen-bond acceptors (Lipinski definition) is 4. The second-order valence-electron chi connectivity index (χ2n) is 10.1. The maximum absolute atomic E-state index is 13.5. The number of hydrogen-bond donors (Lipinski definition) is 2. The first-order valence-electron chi connectivity index (χ1n) is 10.9. The van der Waals surface area contributed by atoms with Gasteiger partial charge in [0.05, 0.1) is 12.1 Å². The summed E-state index contributed by atoms with van der Waals surface area (Å²) in [6, 6.07) is -1.00. The molecule has 3 unspecified atom stereocenters. The summed E-state index contributed by atoms with van der Waals surface area (Å²) in [5.74, 6) is -1.31. The minimum Gasteiger partial charge on any atom is -0.478 e. The molecule has 2 N–H and O–H groups in total. The standard InChI is InChI=1S/C23H41N3O4/c1-14(2)18(13-15(3)22(29)30)26(9)21(28)19(23(5,6)7)24-20(27)17-12-10-11-16(4)25(17)8/h13-14,16-19H,10-12H2,1-9H3,(H,24,27)(H,29,30)/b15-13+/t16?,17?,18-,19?/m1/s1. The van der Waals surface area contributed by atoms with Crippen LogP contribution in [0.1, 0.15) is 67.7 Å². The number of likely N-dealkylation sites (N-methyl/N-ethyl adjacent to an activating group) is 2. The van der Waals surface area contributed by atoms with Gasteiger partial charge < -0.3 is 15.3 Å². The lowest BCUT2D eigenvalue weighted by atomic mass is 9.84. The van der Waals surface area contributed by atoms with E-state index in [1.54, 1.807) is 18.0 Å². The van der Waals surface area contributed by atoms with Crippen molar-refractivity contribution in [1.82, 2.24) is 15.1 Å². The predicted molar refractivity (Wildman–Crippen MR) is 119 cm³/mol. The highest BCUT2D eigenvalue weighted by Crippen LogP contribution is 2.26. The smallest absolute Gasteiger partial charge is 0.331 e. The molecular weight excluding hydrogens is 382 g/mol. The molecule has 0 bridgehead atoms. The number of piperidine rings is 1. The van der Waals surface area contributed by atoms with Crippen LogP contribution >= 0.6 is 0 Å². The van der Waals surface area contributed by atoms with Gasteiger partial charge >= 0.3 is 5.97 Å². The quantitative estimate of drug-likeness (QED) is 0.615. The Morgan fingerprint density at radius 3 is 2.23 bits per heavy atom. The Morgan fingerprint density at radius 2 is 1.77 bits per heavy atom. The summed E-state index contributed by atoms with van der Waals surface area (Å²) in [4.78, 5) is 41.5. The number of carbonyl (C=O) groups is 3. The van der Waals surface area contributed by atoms with Crippen LogP contribution in [0.4, 0.5) is 0 Å². The average molecular weight is 424 g/mol. The molecule has 7 heteroatoms. The predicted octanol–water partition coefficient (Wildman–Crippen LogP) is 2.90. The number of carbonyl (C=O) groups excluding carboxylic acids is 2. The Hall–Kier alpha value is -1.89. The van der Waals surface area contributed by atoms with Crippen molar-refractivity contribution in [2.24, 2.45) is 11.3 Å². The molecule has 0 saturated carbocycles. The van der Waals surface area contributed by atoms with Crippen LogP contribution in [0.3, 0.4) is 0 Å². The average Bonchev–Trinajstić information content (AvgIpc) is 2.63. The zero-order valence-corrected chi connectivity index (χ0v) is 20.2. The third kappa shape index (κ3) is 6.56. The van der Waals surface area contributed by atoms with Crippen molar-refractivity contribution in [2.75, 3.05) is 14.1 Å². The zero-order chi connectivity index (χ0) is 23.4. The third-order valence-corrected chi connectivity index (χ3v) is 6.22. The van der Waals surface area contributed by atoms with Gasteiger partial charge in [-0.3, -0.25) is 14.5 Å². The second kappa shape index (κ2) is 10.4. The minimum atomic E-state index is -1.00. The summed E-state index contributed by atoms with van der Waals surface area (Å²) in [7, 11) is 3.64. The SMILES string of the molecule is C/C(=C\[C@H](C(C)C)N(C)C(=O)C(NC(=O)C1CCCC(C)N1C)C(C)(C)C)C(=O)O. The molecule has 4 atom stereocenters. The molecule has 1 aliphatic rings. The molecule has 1 saturated heterocycles. The third-order valence-electron chi connectivity index (χ3n) is 6.22. The van der Waals surface area contributed by atoms with Crippen LogP contribution in [0.25, 0.3) is 0 Å². The van der Waals surface area contributed by atoms with Crippen molar-refractivity contribution < 1.29 is 19.5 Å². The van der Waals surface area contributed by atoms with Gasteiger partial charge in [-0.25, -0.2) is 4.79 Å². The summed E-state index contributed by atoms with van der Waals surface area (Å²) in [5.41, 5.74) is -0.296. The number of amides is 2. The van der Waals surface area contributed by atoms with Crippen LogP contribution in [-0.2, 0) is 14.4 Å². The van der Waals surface area contributed by atoms with Gasteiger partial charge in [-0.1, -0.05) is 40.7 Å². The van der Waals surface area contributed by atoms with Crippen molar-refractivity contribution >= 4 is 17.8 Å². The number of nitrogens with zero attached hydrogens (tertiary/aromatic N) is 2. The Bertz CT molecular complexity index is 666. The minimum absolute atomic E-state index is 0.0231. The second-order valence-corrected chi connectivity index (χ2v) is 10.1. The summed E-state index contributed by atoms with van der Waals surface area (Å²) in [6.45, 7) is 13.3. The monoisotopic (exact) mass is 423 g/mol. The molecule has 1 fully saturated rings. The molecule has 0 aromatic heterocycles. The molecule has 1 aliphatic heterocycles. The molecule has 0 radical (unpaired) electrons. The van der Waals surface area contributed by atoms with Crippen LogP contribution < -0.4 is 5.32 Å².